The van der Waals surface area contributed by atoms with Crippen LogP contribution in [0.5, 0.6) is 0 Å². The lowest BCUT2D eigenvalue weighted by Gasteiger charge is -2.19. The first-order valence-corrected chi connectivity index (χ1v) is 14.5. The molecule has 0 fully saturated rings. The second-order valence-electron chi connectivity index (χ2n) is 9.90. The zero-order valence-electron chi connectivity index (χ0n) is 22.8. The molecule has 6 heteroatoms. The Balaban J connectivity index is 0.000000211. The van der Waals surface area contributed by atoms with Gasteiger partial charge in [0.2, 0.25) is 0 Å². The van der Waals surface area contributed by atoms with Crippen LogP contribution in [0.2, 0.25) is 0 Å². The van der Waals surface area contributed by atoms with Gasteiger partial charge in [0, 0.05) is 44.6 Å². The molecule has 0 aliphatic heterocycles. The predicted molar refractivity (Wildman–Crippen MR) is 167 cm³/mol. The van der Waals surface area contributed by atoms with Crippen LogP contribution in [-0.2, 0) is 0 Å². The third kappa shape index (κ3) is 10.1. The molecule has 4 aromatic rings. The molecule has 200 valence electrons. The van der Waals surface area contributed by atoms with E-state index in [0.717, 1.165) is 46.3 Å². The fourth-order valence-electron chi connectivity index (χ4n) is 4.30. The van der Waals surface area contributed by atoms with E-state index in [0.29, 0.717) is 11.8 Å². The molecule has 4 nitrogen and oxygen atoms in total. The van der Waals surface area contributed by atoms with Crippen molar-refractivity contribution in [2.45, 2.75) is 24.7 Å². The van der Waals surface area contributed by atoms with Crippen molar-refractivity contribution in [1.29, 1.82) is 0 Å². The van der Waals surface area contributed by atoms with E-state index in [1.807, 2.05) is 24.5 Å². The van der Waals surface area contributed by atoms with Crippen LogP contribution >= 0.6 is 31.9 Å². The van der Waals surface area contributed by atoms with Gasteiger partial charge in [-0.3, -0.25) is 9.97 Å². The van der Waals surface area contributed by atoms with E-state index < -0.39 is 0 Å². The zero-order valence-corrected chi connectivity index (χ0v) is 25.9. The summed E-state index contributed by atoms with van der Waals surface area (Å²) in [5.41, 5.74) is 4.94. The van der Waals surface area contributed by atoms with E-state index in [-0.39, 0.29) is 0 Å². The summed E-state index contributed by atoms with van der Waals surface area (Å²) in [6.45, 7) is 2.11. The molecule has 2 unspecified atom stereocenters. The molecule has 0 saturated carbocycles. The van der Waals surface area contributed by atoms with Crippen molar-refractivity contribution < 1.29 is 0 Å². The van der Waals surface area contributed by atoms with Crippen LogP contribution in [0.25, 0.3) is 0 Å². The average molecular weight is 638 g/mol. The number of aromatic nitrogens is 2. The van der Waals surface area contributed by atoms with Gasteiger partial charge in [-0.15, -0.1) is 0 Å². The van der Waals surface area contributed by atoms with Gasteiger partial charge in [-0.25, -0.2) is 0 Å². The van der Waals surface area contributed by atoms with E-state index >= 15 is 0 Å². The Hall–Kier alpha value is -2.38. The molecule has 0 radical (unpaired) electrons. The molecule has 0 saturated heterocycles. The van der Waals surface area contributed by atoms with Gasteiger partial charge in [-0.05, 0) is 114 Å². The minimum Gasteiger partial charge on any atom is -0.309 e. The number of hydrogen-bond acceptors (Lipinski definition) is 4. The molecule has 0 N–H and O–H groups in total. The van der Waals surface area contributed by atoms with Crippen molar-refractivity contribution in [3.8, 4) is 0 Å². The fraction of sp³-hybridized carbons (Fsp3) is 0.312. The fourth-order valence-corrected chi connectivity index (χ4v) is 4.83. The van der Waals surface area contributed by atoms with E-state index in [1.165, 1.54) is 11.1 Å². The molecule has 0 bridgehead atoms. The second-order valence-corrected chi connectivity index (χ2v) is 11.7. The van der Waals surface area contributed by atoms with Crippen molar-refractivity contribution in [2.24, 2.45) is 0 Å². The molecule has 2 atom stereocenters. The molecular formula is C32H38Br2N4. The van der Waals surface area contributed by atoms with Crippen LogP contribution < -0.4 is 0 Å². The number of rotatable bonds is 10. The maximum absolute atomic E-state index is 4.53. The number of pyridine rings is 2. The van der Waals surface area contributed by atoms with Crippen molar-refractivity contribution in [3.05, 3.63) is 129 Å². The largest absolute Gasteiger partial charge is 0.309 e. The lowest BCUT2D eigenvalue weighted by atomic mass is 9.92. The normalized spacial score (nSPS) is 12.6. The highest BCUT2D eigenvalue weighted by atomic mass is 79.9. The Kier molecular flexibility index (Phi) is 12.6. The molecule has 2 aromatic heterocycles. The lowest BCUT2D eigenvalue weighted by Crippen LogP contribution is -2.17. The highest BCUT2D eigenvalue weighted by Crippen LogP contribution is 2.29. The van der Waals surface area contributed by atoms with Gasteiger partial charge in [0.1, 0.15) is 0 Å². The summed E-state index contributed by atoms with van der Waals surface area (Å²) in [5, 5.41) is 0. The average Bonchev–Trinajstić information content (AvgIpc) is 2.92. The van der Waals surface area contributed by atoms with Gasteiger partial charge in [-0.2, -0.15) is 0 Å². The van der Waals surface area contributed by atoms with Gasteiger partial charge in [0.05, 0.1) is 0 Å². The molecule has 0 spiro atoms. The summed E-state index contributed by atoms with van der Waals surface area (Å²) in [5.74, 6) is 0.716. The Morgan fingerprint density at radius 2 is 0.921 bits per heavy atom. The van der Waals surface area contributed by atoms with E-state index in [2.05, 4.69) is 153 Å². The maximum Gasteiger partial charge on any atom is 0.0478 e. The summed E-state index contributed by atoms with van der Waals surface area (Å²) in [6.07, 6.45) is 5.89. The van der Waals surface area contributed by atoms with Crippen LogP contribution in [0.1, 0.15) is 47.2 Å². The first-order chi connectivity index (χ1) is 18.3. The Morgan fingerprint density at radius 3 is 1.21 bits per heavy atom. The standard InChI is InChI=1S/2C16H19BrN2/c2*1-19(2)12-10-15(16-5-3-4-11-18-16)13-6-8-14(17)9-7-13/h2*3-9,11,15H,10,12H2,1-2H3. The first kappa shape index (κ1) is 30.2. The molecule has 0 amide bonds. The van der Waals surface area contributed by atoms with Gasteiger partial charge >= 0.3 is 0 Å². The quantitative estimate of drug-likeness (QED) is 0.177. The molecule has 0 aliphatic rings. The summed E-state index contributed by atoms with van der Waals surface area (Å²) >= 11 is 6.98. The molecule has 2 aromatic carbocycles. The third-order valence-electron chi connectivity index (χ3n) is 6.36. The Bertz CT molecular complexity index is 1080. The topological polar surface area (TPSA) is 32.3 Å². The minimum absolute atomic E-state index is 0.358. The van der Waals surface area contributed by atoms with Crippen molar-refractivity contribution in [1.82, 2.24) is 19.8 Å². The smallest absolute Gasteiger partial charge is 0.0478 e. The monoisotopic (exact) mass is 636 g/mol. The summed E-state index contributed by atoms with van der Waals surface area (Å²) < 4.78 is 2.23. The van der Waals surface area contributed by atoms with E-state index in [9.17, 15) is 0 Å². The summed E-state index contributed by atoms with van der Waals surface area (Å²) in [6, 6.07) is 29.4. The van der Waals surface area contributed by atoms with Crippen LogP contribution in [0, 0.1) is 0 Å². The number of nitrogens with zero attached hydrogens (tertiary/aromatic N) is 4. The van der Waals surface area contributed by atoms with Gasteiger partial charge in [-0.1, -0.05) is 68.3 Å². The minimum atomic E-state index is 0.358. The number of halogens is 2. The van der Waals surface area contributed by atoms with Gasteiger partial charge in [0.25, 0.3) is 0 Å². The summed E-state index contributed by atoms with van der Waals surface area (Å²) in [4.78, 5) is 13.5. The highest BCUT2D eigenvalue weighted by molar-refractivity contribution is 9.10. The van der Waals surface area contributed by atoms with E-state index in [1.54, 1.807) is 0 Å². The third-order valence-corrected chi connectivity index (χ3v) is 7.42. The SMILES string of the molecule is CN(C)CCC(c1ccc(Br)cc1)c1ccccn1.CN(C)CCC(c1ccc(Br)cc1)c1ccccn1. The highest BCUT2D eigenvalue weighted by Gasteiger charge is 2.16. The molecule has 4 rings (SSSR count). The van der Waals surface area contributed by atoms with Crippen LogP contribution in [0.4, 0.5) is 0 Å². The van der Waals surface area contributed by atoms with Gasteiger partial charge in [0.15, 0.2) is 0 Å². The molecule has 0 aliphatic carbocycles. The molecule has 2 heterocycles. The molecule has 38 heavy (non-hydrogen) atoms. The van der Waals surface area contributed by atoms with Crippen molar-refractivity contribution in [2.75, 3.05) is 41.3 Å². The predicted octanol–water partition coefficient (Wildman–Crippen LogP) is 7.86. The van der Waals surface area contributed by atoms with Crippen molar-refractivity contribution in [3.63, 3.8) is 0 Å². The number of hydrogen-bond donors (Lipinski definition) is 0. The van der Waals surface area contributed by atoms with E-state index in [4.69, 9.17) is 0 Å². The van der Waals surface area contributed by atoms with Crippen molar-refractivity contribution >= 4 is 31.9 Å². The van der Waals surface area contributed by atoms with Crippen LogP contribution in [0.3, 0.4) is 0 Å². The summed E-state index contributed by atoms with van der Waals surface area (Å²) in [7, 11) is 8.43. The lowest BCUT2D eigenvalue weighted by molar-refractivity contribution is 0.389. The number of benzene rings is 2. The Labute approximate surface area is 245 Å². The Morgan fingerprint density at radius 1 is 0.553 bits per heavy atom. The van der Waals surface area contributed by atoms with Gasteiger partial charge < -0.3 is 9.80 Å². The second kappa shape index (κ2) is 15.9. The maximum atomic E-state index is 4.53. The van der Waals surface area contributed by atoms with Crippen LogP contribution in [-0.4, -0.2) is 61.0 Å². The first-order valence-electron chi connectivity index (χ1n) is 13.0. The zero-order chi connectivity index (χ0) is 27.3. The molecular weight excluding hydrogens is 600 g/mol. The van der Waals surface area contributed by atoms with Crippen LogP contribution in [0.15, 0.2) is 106 Å².